The van der Waals surface area contributed by atoms with Gasteiger partial charge < -0.3 is 18.7 Å². The Labute approximate surface area is 174 Å². The molecule has 0 aliphatic rings. The summed E-state index contributed by atoms with van der Waals surface area (Å²) in [5, 5.41) is 4.12. The van der Waals surface area contributed by atoms with Crippen LogP contribution in [0.1, 0.15) is 6.92 Å². The minimum Gasteiger partial charge on any atom is -0.497 e. The van der Waals surface area contributed by atoms with Crippen molar-refractivity contribution in [1.82, 2.24) is 15.1 Å². The second kappa shape index (κ2) is 8.65. The molecule has 0 bridgehead atoms. The molecule has 0 fully saturated rings. The predicted molar refractivity (Wildman–Crippen MR) is 113 cm³/mol. The largest absolute Gasteiger partial charge is 0.497 e. The van der Waals surface area contributed by atoms with Gasteiger partial charge in [0.15, 0.2) is 0 Å². The molecule has 2 heterocycles. The minimum absolute atomic E-state index is 0.368. The Hall–Kier alpha value is -3.87. The summed E-state index contributed by atoms with van der Waals surface area (Å²) in [4.78, 5) is 9.15. The second-order valence-electron chi connectivity index (χ2n) is 6.34. The van der Waals surface area contributed by atoms with Crippen LogP contribution in [0.3, 0.4) is 0 Å². The van der Waals surface area contributed by atoms with Crippen molar-refractivity contribution in [2.75, 3.05) is 20.8 Å². The molecule has 0 spiro atoms. The minimum atomic E-state index is 0.368. The molecule has 7 heteroatoms. The molecule has 0 saturated carbocycles. The Morgan fingerprint density at radius 3 is 2.53 bits per heavy atom. The summed E-state index contributed by atoms with van der Waals surface area (Å²) in [5.74, 6) is 2.60. The first-order valence-corrected chi connectivity index (χ1v) is 9.49. The van der Waals surface area contributed by atoms with Crippen LogP contribution in [0.4, 0.5) is 0 Å². The van der Waals surface area contributed by atoms with Gasteiger partial charge in [0.2, 0.25) is 11.7 Å². The molecule has 0 amide bonds. The third-order valence-corrected chi connectivity index (χ3v) is 4.50. The standard InChI is InChI=1S/C23H21N3O4/c1-4-29-20-11-6-5-10-17(20)23-25-21(26-30-23)18-12-13-19(24-22(18)28-3)15-8-7-9-16(14-15)27-2/h5-14H,4H2,1-3H3. The number of rotatable bonds is 7. The number of methoxy groups -OCH3 is 2. The lowest BCUT2D eigenvalue weighted by molar-refractivity contribution is 0.339. The van der Waals surface area contributed by atoms with Crippen LogP contribution in [0, 0.1) is 0 Å². The van der Waals surface area contributed by atoms with E-state index in [2.05, 4.69) is 15.1 Å². The molecule has 0 N–H and O–H groups in total. The smallest absolute Gasteiger partial charge is 0.262 e. The highest BCUT2D eigenvalue weighted by Gasteiger charge is 2.18. The SMILES string of the molecule is CCOc1ccccc1-c1nc(-c2ccc(-c3cccc(OC)c3)nc2OC)no1. The van der Waals surface area contributed by atoms with E-state index in [0.717, 1.165) is 22.6 Å². The molecule has 0 unspecified atom stereocenters. The van der Waals surface area contributed by atoms with Gasteiger partial charge in [-0.1, -0.05) is 29.4 Å². The van der Waals surface area contributed by atoms with Gasteiger partial charge in [-0.05, 0) is 43.3 Å². The number of benzene rings is 2. The van der Waals surface area contributed by atoms with Crippen LogP contribution in [-0.4, -0.2) is 36.0 Å². The van der Waals surface area contributed by atoms with Gasteiger partial charge in [-0.3, -0.25) is 0 Å². The number of para-hydroxylation sites is 1. The molecule has 0 atom stereocenters. The number of pyridine rings is 1. The number of hydrogen-bond acceptors (Lipinski definition) is 7. The number of hydrogen-bond donors (Lipinski definition) is 0. The average molecular weight is 403 g/mol. The summed E-state index contributed by atoms with van der Waals surface area (Å²) in [5.41, 5.74) is 3.03. The molecular weight excluding hydrogens is 382 g/mol. The van der Waals surface area contributed by atoms with E-state index in [1.807, 2.05) is 67.6 Å². The Morgan fingerprint density at radius 1 is 0.867 bits per heavy atom. The highest BCUT2D eigenvalue weighted by molar-refractivity contribution is 5.70. The van der Waals surface area contributed by atoms with Gasteiger partial charge in [0.1, 0.15) is 11.5 Å². The fourth-order valence-electron chi connectivity index (χ4n) is 3.08. The van der Waals surface area contributed by atoms with Gasteiger partial charge in [0.25, 0.3) is 5.89 Å². The van der Waals surface area contributed by atoms with E-state index in [1.165, 1.54) is 0 Å². The van der Waals surface area contributed by atoms with Crippen molar-refractivity contribution in [1.29, 1.82) is 0 Å². The molecule has 0 aliphatic carbocycles. The number of ether oxygens (including phenoxy) is 3. The first-order chi connectivity index (χ1) is 14.7. The van der Waals surface area contributed by atoms with Gasteiger partial charge in [0, 0.05) is 5.56 Å². The third-order valence-electron chi connectivity index (χ3n) is 4.50. The van der Waals surface area contributed by atoms with Crippen molar-refractivity contribution in [2.24, 2.45) is 0 Å². The Bertz CT molecular complexity index is 1160. The van der Waals surface area contributed by atoms with Crippen LogP contribution in [-0.2, 0) is 0 Å². The third kappa shape index (κ3) is 3.82. The maximum atomic E-state index is 5.66. The molecule has 2 aromatic heterocycles. The van der Waals surface area contributed by atoms with E-state index in [4.69, 9.17) is 18.7 Å². The molecule has 0 aliphatic heterocycles. The van der Waals surface area contributed by atoms with E-state index in [9.17, 15) is 0 Å². The molecule has 0 saturated heterocycles. The van der Waals surface area contributed by atoms with Crippen molar-refractivity contribution >= 4 is 0 Å². The zero-order chi connectivity index (χ0) is 20.9. The normalized spacial score (nSPS) is 10.6. The molecule has 30 heavy (non-hydrogen) atoms. The molecule has 152 valence electrons. The predicted octanol–water partition coefficient (Wildman–Crippen LogP) is 4.88. The highest BCUT2D eigenvalue weighted by atomic mass is 16.5. The van der Waals surface area contributed by atoms with Crippen molar-refractivity contribution in [3.63, 3.8) is 0 Å². The summed E-state index contributed by atoms with van der Waals surface area (Å²) in [7, 11) is 3.19. The van der Waals surface area contributed by atoms with Crippen LogP contribution in [0.2, 0.25) is 0 Å². The summed E-state index contributed by atoms with van der Waals surface area (Å²) < 4.78 is 22.0. The van der Waals surface area contributed by atoms with Crippen LogP contribution in [0.25, 0.3) is 34.1 Å². The van der Waals surface area contributed by atoms with Crippen molar-refractivity contribution in [3.8, 4) is 51.5 Å². The fourth-order valence-corrected chi connectivity index (χ4v) is 3.08. The van der Waals surface area contributed by atoms with E-state index >= 15 is 0 Å². The van der Waals surface area contributed by atoms with Crippen molar-refractivity contribution < 1.29 is 18.7 Å². The lowest BCUT2D eigenvalue weighted by Crippen LogP contribution is -1.96. The molecule has 4 rings (SSSR count). The van der Waals surface area contributed by atoms with Crippen LogP contribution in [0.5, 0.6) is 17.4 Å². The fraction of sp³-hybridized carbons (Fsp3) is 0.174. The Kier molecular flexibility index (Phi) is 5.61. The van der Waals surface area contributed by atoms with Crippen LogP contribution >= 0.6 is 0 Å². The topological polar surface area (TPSA) is 79.5 Å². The first-order valence-electron chi connectivity index (χ1n) is 9.49. The average Bonchev–Trinajstić information content (AvgIpc) is 3.29. The van der Waals surface area contributed by atoms with Gasteiger partial charge >= 0.3 is 0 Å². The van der Waals surface area contributed by atoms with E-state index in [-0.39, 0.29) is 0 Å². The Morgan fingerprint density at radius 2 is 1.73 bits per heavy atom. The summed E-state index contributed by atoms with van der Waals surface area (Å²) in [6.07, 6.45) is 0. The monoisotopic (exact) mass is 403 g/mol. The van der Waals surface area contributed by atoms with Gasteiger partial charge in [-0.2, -0.15) is 4.98 Å². The summed E-state index contributed by atoms with van der Waals surface area (Å²) >= 11 is 0. The van der Waals surface area contributed by atoms with Gasteiger partial charge in [-0.15, -0.1) is 0 Å². The lowest BCUT2D eigenvalue weighted by atomic mass is 10.1. The van der Waals surface area contributed by atoms with E-state index < -0.39 is 0 Å². The molecule has 0 radical (unpaired) electrons. The maximum absolute atomic E-state index is 5.66. The number of aromatic nitrogens is 3. The zero-order valence-electron chi connectivity index (χ0n) is 17.0. The van der Waals surface area contributed by atoms with E-state index in [1.54, 1.807) is 14.2 Å². The molecule has 2 aromatic carbocycles. The second-order valence-corrected chi connectivity index (χ2v) is 6.34. The zero-order valence-corrected chi connectivity index (χ0v) is 17.0. The number of nitrogens with zero attached hydrogens (tertiary/aromatic N) is 3. The summed E-state index contributed by atoms with van der Waals surface area (Å²) in [6, 6.07) is 19.0. The maximum Gasteiger partial charge on any atom is 0.262 e. The highest BCUT2D eigenvalue weighted by Crippen LogP contribution is 2.34. The van der Waals surface area contributed by atoms with Crippen molar-refractivity contribution in [2.45, 2.75) is 6.92 Å². The Balaban J connectivity index is 1.70. The van der Waals surface area contributed by atoms with E-state index in [0.29, 0.717) is 35.5 Å². The molecular formula is C23H21N3O4. The molecule has 4 aromatic rings. The van der Waals surface area contributed by atoms with Crippen molar-refractivity contribution in [3.05, 3.63) is 60.7 Å². The van der Waals surface area contributed by atoms with Gasteiger partial charge in [0.05, 0.1) is 37.6 Å². The van der Waals surface area contributed by atoms with Gasteiger partial charge in [-0.25, -0.2) is 4.98 Å². The van der Waals surface area contributed by atoms with Crippen LogP contribution < -0.4 is 14.2 Å². The quantitative estimate of drug-likeness (QED) is 0.435. The van der Waals surface area contributed by atoms with Crippen LogP contribution in [0.15, 0.2) is 65.2 Å². The summed E-state index contributed by atoms with van der Waals surface area (Å²) in [6.45, 7) is 2.47. The lowest BCUT2D eigenvalue weighted by Gasteiger charge is -2.08. The first kappa shape index (κ1) is 19.4. The molecule has 7 nitrogen and oxygen atoms in total.